The summed E-state index contributed by atoms with van der Waals surface area (Å²) in [6.45, 7) is 4.81. The van der Waals surface area contributed by atoms with E-state index in [-0.39, 0.29) is 5.91 Å². The first-order valence-corrected chi connectivity index (χ1v) is 10.8. The third kappa shape index (κ3) is 5.08. The van der Waals surface area contributed by atoms with Gasteiger partial charge in [0.2, 0.25) is 5.91 Å². The van der Waals surface area contributed by atoms with Crippen LogP contribution in [0.25, 0.3) is 10.2 Å². The van der Waals surface area contributed by atoms with Crippen LogP contribution in [0.15, 0.2) is 42.5 Å². The summed E-state index contributed by atoms with van der Waals surface area (Å²) in [5.41, 5.74) is 1.74. The van der Waals surface area contributed by atoms with E-state index in [2.05, 4.69) is 33.3 Å². The summed E-state index contributed by atoms with van der Waals surface area (Å²) in [6.07, 6.45) is 0. The minimum absolute atomic E-state index is 0.0371. The Morgan fingerprint density at radius 1 is 1.03 bits per heavy atom. The smallest absolute Gasteiger partial charge is 0.238 e. The molecule has 2 aromatic carbocycles. The number of nitrogens with one attached hydrogen (secondary N) is 1. The van der Waals surface area contributed by atoms with Gasteiger partial charge in [-0.25, -0.2) is 4.98 Å². The Morgan fingerprint density at radius 3 is 2.37 bits per heavy atom. The van der Waals surface area contributed by atoms with Crippen LogP contribution in [0.3, 0.4) is 0 Å². The maximum absolute atomic E-state index is 12.5. The van der Waals surface area contributed by atoms with Gasteiger partial charge in [-0.15, -0.1) is 11.3 Å². The Kier molecular flexibility index (Phi) is 6.47. The van der Waals surface area contributed by atoms with Crippen molar-refractivity contribution in [3.05, 3.63) is 47.5 Å². The fourth-order valence-electron chi connectivity index (χ4n) is 3.57. The summed E-state index contributed by atoms with van der Waals surface area (Å²) in [5.74, 6) is 1.26. The van der Waals surface area contributed by atoms with E-state index in [4.69, 9.17) is 14.5 Å². The number of carbonyl (C=O) groups excluding carboxylic acids is 1. The highest BCUT2D eigenvalue weighted by Crippen LogP contribution is 2.26. The molecule has 1 saturated heterocycles. The van der Waals surface area contributed by atoms with Crippen LogP contribution < -0.4 is 14.8 Å². The van der Waals surface area contributed by atoms with E-state index in [1.165, 1.54) is 4.70 Å². The molecule has 0 spiro atoms. The van der Waals surface area contributed by atoms with Crippen LogP contribution in [0.2, 0.25) is 0 Å². The molecule has 4 rings (SSSR count). The van der Waals surface area contributed by atoms with E-state index >= 15 is 0 Å². The number of anilines is 1. The van der Waals surface area contributed by atoms with E-state index in [1.807, 2.05) is 6.07 Å². The lowest BCUT2D eigenvalue weighted by Crippen LogP contribution is -2.48. The summed E-state index contributed by atoms with van der Waals surface area (Å²) in [6, 6.07) is 13.6. The molecular weight excluding hydrogens is 400 g/mol. The highest BCUT2D eigenvalue weighted by molar-refractivity contribution is 7.18. The zero-order valence-electron chi connectivity index (χ0n) is 17.3. The first-order valence-electron chi connectivity index (χ1n) is 9.95. The van der Waals surface area contributed by atoms with Gasteiger partial charge in [-0.3, -0.25) is 14.6 Å². The topological polar surface area (TPSA) is 66.9 Å². The molecule has 1 aromatic heterocycles. The Labute approximate surface area is 180 Å². The zero-order chi connectivity index (χ0) is 20.9. The molecule has 1 N–H and O–H groups in total. The van der Waals surface area contributed by atoms with Crippen molar-refractivity contribution in [1.82, 2.24) is 14.8 Å². The molecule has 1 aliphatic rings. The van der Waals surface area contributed by atoms with Gasteiger partial charge in [0, 0.05) is 50.1 Å². The Bertz CT molecular complexity index is 959. The number of para-hydroxylation sites is 1. The van der Waals surface area contributed by atoms with Crippen molar-refractivity contribution >= 4 is 33.1 Å². The number of benzene rings is 2. The van der Waals surface area contributed by atoms with Crippen molar-refractivity contribution in [3.63, 3.8) is 0 Å². The van der Waals surface area contributed by atoms with Crippen molar-refractivity contribution < 1.29 is 14.3 Å². The lowest BCUT2D eigenvalue weighted by Gasteiger charge is -2.33. The average molecular weight is 427 g/mol. The molecule has 1 amide bonds. The number of ether oxygens (including phenoxy) is 2. The normalized spacial score (nSPS) is 15.3. The second kappa shape index (κ2) is 9.42. The number of carbonyl (C=O) groups is 1. The van der Waals surface area contributed by atoms with Gasteiger partial charge in [0.05, 0.1) is 37.5 Å². The van der Waals surface area contributed by atoms with E-state index in [0.29, 0.717) is 23.7 Å². The molecule has 0 radical (unpaired) electrons. The number of hydrogen-bond acceptors (Lipinski definition) is 7. The standard InChI is InChI=1S/C22H26N4O3S/c1-28-17-11-16(12-18(13-17)29-2)23-21(27)14-25-7-9-26(10-8-25)15-22-24-19-5-3-4-6-20(19)30-22/h3-6,11-13H,7-10,14-15H2,1-2H3,(H,23,27). The highest BCUT2D eigenvalue weighted by atomic mass is 32.1. The van der Waals surface area contributed by atoms with Crippen LogP contribution >= 0.6 is 11.3 Å². The maximum Gasteiger partial charge on any atom is 0.238 e. The summed E-state index contributed by atoms with van der Waals surface area (Å²) in [5, 5.41) is 4.09. The summed E-state index contributed by atoms with van der Waals surface area (Å²) in [7, 11) is 3.18. The number of piperazine rings is 1. The third-order valence-electron chi connectivity index (χ3n) is 5.16. The SMILES string of the molecule is COc1cc(NC(=O)CN2CCN(Cc3nc4ccccc4s3)CC2)cc(OC)c1. The van der Waals surface area contributed by atoms with Crippen molar-refractivity contribution in [3.8, 4) is 11.5 Å². The van der Waals surface area contributed by atoms with E-state index < -0.39 is 0 Å². The molecule has 1 aliphatic heterocycles. The van der Waals surface area contributed by atoms with E-state index in [9.17, 15) is 4.79 Å². The second-order valence-corrected chi connectivity index (χ2v) is 8.39. The summed E-state index contributed by atoms with van der Waals surface area (Å²) >= 11 is 1.76. The van der Waals surface area contributed by atoms with E-state index in [0.717, 1.165) is 43.2 Å². The average Bonchev–Trinajstić information content (AvgIpc) is 3.17. The second-order valence-electron chi connectivity index (χ2n) is 7.28. The molecule has 0 atom stereocenters. The lowest BCUT2D eigenvalue weighted by molar-refractivity contribution is -0.117. The quantitative estimate of drug-likeness (QED) is 0.626. The Morgan fingerprint density at radius 2 is 1.70 bits per heavy atom. The van der Waals surface area contributed by atoms with Gasteiger partial charge in [-0.1, -0.05) is 12.1 Å². The number of methoxy groups -OCH3 is 2. The van der Waals surface area contributed by atoms with Gasteiger partial charge in [0.1, 0.15) is 16.5 Å². The minimum atomic E-state index is -0.0371. The minimum Gasteiger partial charge on any atom is -0.497 e. The van der Waals surface area contributed by atoms with Gasteiger partial charge >= 0.3 is 0 Å². The number of nitrogens with zero attached hydrogens (tertiary/aromatic N) is 3. The van der Waals surface area contributed by atoms with Gasteiger partial charge < -0.3 is 14.8 Å². The molecule has 8 heteroatoms. The third-order valence-corrected chi connectivity index (χ3v) is 6.19. The predicted molar refractivity (Wildman–Crippen MR) is 120 cm³/mol. The summed E-state index contributed by atoms with van der Waals surface area (Å²) in [4.78, 5) is 21.8. The maximum atomic E-state index is 12.5. The van der Waals surface area contributed by atoms with Crippen LogP contribution in [0.5, 0.6) is 11.5 Å². The van der Waals surface area contributed by atoms with Gasteiger partial charge in [0.15, 0.2) is 0 Å². The fourth-order valence-corrected chi connectivity index (χ4v) is 4.58. The fraction of sp³-hybridized carbons (Fsp3) is 0.364. The largest absolute Gasteiger partial charge is 0.497 e. The molecule has 30 heavy (non-hydrogen) atoms. The Balaban J connectivity index is 1.26. The number of fused-ring (bicyclic) bond motifs is 1. The predicted octanol–water partition coefficient (Wildman–Crippen LogP) is 3.07. The molecule has 158 valence electrons. The molecule has 0 saturated carbocycles. The van der Waals surface area contributed by atoms with Crippen LogP contribution in [0, 0.1) is 0 Å². The molecule has 2 heterocycles. The lowest BCUT2D eigenvalue weighted by atomic mass is 10.2. The zero-order valence-corrected chi connectivity index (χ0v) is 18.1. The summed E-state index contributed by atoms with van der Waals surface area (Å²) < 4.78 is 11.7. The highest BCUT2D eigenvalue weighted by Gasteiger charge is 2.20. The van der Waals surface area contributed by atoms with Crippen molar-refractivity contribution in [1.29, 1.82) is 0 Å². The molecular formula is C22H26N4O3S. The number of amides is 1. The van der Waals surface area contributed by atoms with Gasteiger partial charge in [-0.2, -0.15) is 0 Å². The van der Waals surface area contributed by atoms with Crippen LogP contribution in [-0.2, 0) is 11.3 Å². The first-order chi connectivity index (χ1) is 14.6. The van der Waals surface area contributed by atoms with Crippen molar-refractivity contribution in [2.45, 2.75) is 6.54 Å². The first kappa shape index (κ1) is 20.6. The van der Waals surface area contributed by atoms with Crippen molar-refractivity contribution in [2.24, 2.45) is 0 Å². The van der Waals surface area contributed by atoms with Crippen LogP contribution in [-0.4, -0.2) is 67.6 Å². The van der Waals surface area contributed by atoms with Crippen LogP contribution in [0.4, 0.5) is 5.69 Å². The number of thiazole rings is 1. The number of aromatic nitrogens is 1. The Hall–Kier alpha value is -2.68. The van der Waals surface area contributed by atoms with E-state index in [1.54, 1.807) is 43.8 Å². The molecule has 0 unspecified atom stereocenters. The molecule has 1 fully saturated rings. The van der Waals surface area contributed by atoms with Crippen molar-refractivity contribution in [2.75, 3.05) is 52.3 Å². The molecule has 7 nitrogen and oxygen atoms in total. The number of rotatable bonds is 7. The van der Waals surface area contributed by atoms with Gasteiger partial charge in [0.25, 0.3) is 0 Å². The monoisotopic (exact) mass is 426 g/mol. The van der Waals surface area contributed by atoms with Gasteiger partial charge in [-0.05, 0) is 12.1 Å². The van der Waals surface area contributed by atoms with Crippen LogP contribution in [0.1, 0.15) is 5.01 Å². The molecule has 3 aromatic rings. The number of hydrogen-bond donors (Lipinski definition) is 1. The molecule has 0 aliphatic carbocycles. The molecule has 0 bridgehead atoms.